The average Bonchev–Trinajstić information content (AvgIpc) is 2.51. The molecule has 1 fully saturated rings. The molecule has 2 amide bonds. The number of ether oxygens (including phenoxy) is 1. The van der Waals surface area contributed by atoms with Crippen LogP contribution in [0.3, 0.4) is 0 Å². The van der Waals surface area contributed by atoms with Crippen LogP contribution in [0.2, 0.25) is 0 Å². The van der Waals surface area contributed by atoms with Crippen molar-refractivity contribution in [2.75, 3.05) is 7.11 Å². The summed E-state index contributed by atoms with van der Waals surface area (Å²) >= 11 is 0. The maximum absolute atomic E-state index is 12.6. The Labute approximate surface area is 138 Å². The molecule has 0 aromatic heterocycles. The fraction of sp³-hybridized carbons (Fsp3) is 0.824. The second kappa shape index (κ2) is 9.53. The number of carbonyl (C=O) groups excluding carboxylic acids is 3. The van der Waals surface area contributed by atoms with Gasteiger partial charge in [-0.15, -0.1) is 0 Å². The van der Waals surface area contributed by atoms with Crippen molar-refractivity contribution in [2.45, 2.75) is 71.4 Å². The van der Waals surface area contributed by atoms with Crippen LogP contribution < -0.4 is 10.6 Å². The predicted molar refractivity (Wildman–Crippen MR) is 87.6 cm³/mol. The minimum atomic E-state index is -0.628. The number of methoxy groups -OCH3 is 1. The molecule has 1 aliphatic rings. The van der Waals surface area contributed by atoms with Crippen molar-refractivity contribution < 1.29 is 19.1 Å². The normalized spacial score (nSPS) is 18.1. The number of hydrogen-bond acceptors (Lipinski definition) is 4. The maximum Gasteiger partial charge on any atom is 0.328 e. The molecule has 0 heterocycles. The Morgan fingerprint density at radius 2 is 1.70 bits per heavy atom. The molecule has 2 atom stereocenters. The zero-order valence-electron chi connectivity index (χ0n) is 14.7. The molecule has 132 valence electrons. The van der Waals surface area contributed by atoms with Crippen LogP contribution in [-0.4, -0.2) is 37.0 Å². The summed E-state index contributed by atoms with van der Waals surface area (Å²) in [5, 5.41) is 5.49. The van der Waals surface area contributed by atoms with E-state index < -0.39 is 18.1 Å². The van der Waals surface area contributed by atoms with E-state index in [1.165, 1.54) is 20.5 Å². The Balaban J connectivity index is 2.79. The molecule has 6 nitrogen and oxygen atoms in total. The third-order valence-electron chi connectivity index (χ3n) is 4.28. The zero-order valence-corrected chi connectivity index (χ0v) is 14.7. The first-order valence-corrected chi connectivity index (χ1v) is 8.50. The molecule has 23 heavy (non-hydrogen) atoms. The topological polar surface area (TPSA) is 84.5 Å². The van der Waals surface area contributed by atoms with Gasteiger partial charge in [0.25, 0.3) is 0 Å². The van der Waals surface area contributed by atoms with Crippen molar-refractivity contribution in [3.63, 3.8) is 0 Å². The third-order valence-corrected chi connectivity index (χ3v) is 4.28. The molecule has 0 bridgehead atoms. The summed E-state index contributed by atoms with van der Waals surface area (Å²) in [6.45, 7) is 5.36. The van der Waals surface area contributed by atoms with E-state index in [9.17, 15) is 14.4 Å². The fourth-order valence-electron chi connectivity index (χ4n) is 3.17. The molecule has 2 N–H and O–H groups in total. The van der Waals surface area contributed by atoms with Gasteiger partial charge < -0.3 is 15.4 Å². The Morgan fingerprint density at radius 3 is 2.17 bits per heavy atom. The van der Waals surface area contributed by atoms with Crippen molar-refractivity contribution in [3.05, 3.63) is 0 Å². The lowest BCUT2D eigenvalue weighted by molar-refractivity contribution is -0.147. The monoisotopic (exact) mass is 326 g/mol. The van der Waals surface area contributed by atoms with Gasteiger partial charge in [-0.2, -0.15) is 0 Å². The highest BCUT2D eigenvalue weighted by molar-refractivity contribution is 5.90. The number of nitrogens with one attached hydrogen (secondary N) is 2. The van der Waals surface area contributed by atoms with Crippen LogP contribution >= 0.6 is 0 Å². The molecule has 6 heteroatoms. The van der Waals surface area contributed by atoms with Gasteiger partial charge in [0.2, 0.25) is 11.8 Å². The van der Waals surface area contributed by atoms with E-state index in [0.717, 1.165) is 25.7 Å². The standard InChI is InChI=1S/C17H30N2O4/c1-11(2)10-14(18-12(3)20)16(21)19-15(17(22)23-4)13-8-6-5-7-9-13/h11,13-15H,5-10H2,1-4H3,(H,18,20)(H,19,21)/t14-,15+/m0/s1. The molecule has 0 saturated heterocycles. The molecule has 0 radical (unpaired) electrons. The van der Waals surface area contributed by atoms with Crippen LogP contribution in [0, 0.1) is 11.8 Å². The number of rotatable bonds is 7. The van der Waals surface area contributed by atoms with E-state index in [1.54, 1.807) is 0 Å². The average molecular weight is 326 g/mol. The van der Waals surface area contributed by atoms with E-state index in [-0.39, 0.29) is 23.7 Å². The van der Waals surface area contributed by atoms with Crippen molar-refractivity contribution in [2.24, 2.45) is 11.8 Å². The number of amides is 2. The van der Waals surface area contributed by atoms with Gasteiger partial charge in [0.15, 0.2) is 0 Å². The molecule has 0 aromatic rings. The van der Waals surface area contributed by atoms with Crippen LogP contribution in [0.15, 0.2) is 0 Å². The minimum absolute atomic E-state index is 0.108. The van der Waals surface area contributed by atoms with Gasteiger partial charge in [-0.05, 0) is 31.1 Å². The largest absolute Gasteiger partial charge is 0.467 e. The lowest BCUT2D eigenvalue weighted by Crippen LogP contribution is -2.54. The highest BCUT2D eigenvalue weighted by Crippen LogP contribution is 2.27. The van der Waals surface area contributed by atoms with Gasteiger partial charge in [-0.25, -0.2) is 4.79 Å². The maximum atomic E-state index is 12.6. The van der Waals surface area contributed by atoms with Gasteiger partial charge in [0, 0.05) is 6.92 Å². The summed E-state index contributed by atoms with van der Waals surface area (Å²) in [4.78, 5) is 36.0. The van der Waals surface area contributed by atoms with Gasteiger partial charge in [-0.1, -0.05) is 33.1 Å². The summed E-state index contributed by atoms with van der Waals surface area (Å²) in [5.41, 5.74) is 0. The first-order valence-electron chi connectivity index (χ1n) is 8.50. The zero-order chi connectivity index (χ0) is 17.4. The van der Waals surface area contributed by atoms with Gasteiger partial charge >= 0.3 is 5.97 Å². The lowest BCUT2D eigenvalue weighted by atomic mass is 9.83. The van der Waals surface area contributed by atoms with Gasteiger partial charge in [-0.3, -0.25) is 9.59 Å². The second-order valence-electron chi connectivity index (χ2n) is 6.79. The van der Waals surface area contributed by atoms with Crippen LogP contribution in [0.1, 0.15) is 59.3 Å². The van der Waals surface area contributed by atoms with Crippen LogP contribution in [0.25, 0.3) is 0 Å². The second-order valence-corrected chi connectivity index (χ2v) is 6.79. The predicted octanol–water partition coefficient (Wildman–Crippen LogP) is 1.78. The highest BCUT2D eigenvalue weighted by Gasteiger charge is 2.33. The summed E-state index contributed by atoms with van der Waals surface area (Å²) in [6.07, 6.45) is 5.65. The van der Waals surface area contributed by atoms with Crippen molar-refractivity contribution >= 4 is 17.8 Å². The summed E-state index contributed by atoms with van der Waals surface area (Å²) in [6, 6.07) is -1.25. The quantitative estimate of drug-likeness (QED) is 0.698. The van der Waals surface area contributed by atoms with E-state index in [1.807, 2.05) is 13.8 Å². The van der Waals surface area contributed by atoms with Crippen molar-refractivity contribution in [3.8, 4) is 0 Å². The van der Waals surface area contributed by atoms with Crippen molar-refractivity contribution in [1.82, 2.24) is 10.6 Å². The van der Waals surface area contributed by atoms with E-state index in [0.29, 0.717) is 6.42 Å². The Hall–Kier alpha value is -1.59. The number of carbonyl (C=O) groups is 3. The molecule has 0 aromatic carbocycles. The SMILES string of the molecule is COC(=O)[C@H](NC(=O)[C@H](CC(C)C)NC(C)=O)C1CCCCC1. The number of hydrogen-bond donors (Lipinski definition) is 2. The molecule has 1 saturated carbocycles. The first-order chi connectivity index (χ1) is 10.8. The molecule has 0 unspecified atom stereocenters. The molecule has 0 spiro atoms. The van der Waals surface area contributed by atoms with Gasteiger partial charge in [0.05, 0.1) is 7.11 Å². The molecule has 1 rings (SSSR count). The highest BCUT2D eigenvalue weighted by atomic mass is 16.5. The molecule has 0 aliphatic heterocycles. The Bertz CT molecular complexity index is 417. The smallest absolute Gasteiger partial charge is 0.328 e. The van der Waals surface area contributed by atoms with Crippen molar-refractivity contribution in [1.29, 1.82) is 0 Å². The van der Waals surface area contributed by atoms with Crippen LogP contribution in [0.5, 0.6) is 0 Å². The summed E-state index contributed by atoms with van der Waals surface area (Å²) in [5.74, 6) is -0.606. The van der Waals surface area contributed by atoms with Crippen LogP contribution in [-0.2, 0) is 19.1 Å². The van der Waals surface area contributed by atoms with E-state index in [4.69, 9.17) is 4.74 Å². The van der Waals surface area contributed by atoms with Crippen LogP contribution in [0.4, 0.5) is 0 Å². The Morgan fingerprint density at radius 1 is 1.09 bits per heavy atom. The third kappa shape index (κ3) is 6.59. The number of esters is 1. The molecular weight excluding hydrogens is 296 g/mol. The first kappa shape index (κ1) is 19.5. The summed E-state index contributed by atoms with van der Waals surface area (Å²) in [7, 11) is 1.34. The molecule has 1 aliphatic carbocycles. The Kier molecular flexibility index (Phi) is 8.06. The molecular formula is C17H30N2O4. The van der Waals surface area contributed by atoms with E-state index in [2.05, 4.69) is 10.6 Å². The van der Waals surface area contributed by atoms with Gasteiger partial charge in [0.1, 0.15) is 12.1 Å². The van der Waals surface area contributed by atoms with E-state index >= 15 is 0 Å². The minimum Gasteiger partial charge on any atom is -0.467 e. The fourth-order valence-corrected chi connectivity index (χ4v) is 3.17. The lowest BCUT2D eigenvalue weighted by Gasteiger charge is -2.30. The summed E-state index contributed by atoms with van der Waals surface area (Å²) < 4.78 is 4.87.